The Morgan fingerprint density at radius 3 is 1.79 bits per heavy atom. The summed E-state index contributed by atoms with van der Waals surface area (Å²) in [4.78, 5) is 11.0. The van der Waals surface area contributed by atoms with Crippen molar-refractivity contribution < 1.29 is 0 Å². The van der Waals surface area contributed by atoms with Gasteiger partial charge in [-0.2, -0.15) is 0 Å². The van der Waals surface area contributed by atoms with Crippen LogP contribution in [0.5, 0.6) is 0 Å². The Balaban J connectivity index is 1.10. The molecular formula is C57H35N3S. The molecule has 1 aliphatic rings. The Morgan fingerprint density at radius 1 is 0.393 bits per heavy atom. The van der Waals surface area contributed by atoms with Crippen molar-refractivity contribution in [1.29, 1.82) is 0 Å². The Hall–Kier alpha value is -7.66. The molecule has 3 nitrogen and oxygen atoms in total. The highest BCUT2D eigenvalue weighted by Gasteiger charge is 2.46. The van der Waals surface area contributed by atoms with Crippen molar-refractivity contribution in [3.8, 4) is 39.6 Å². The topological polar surface area (TPSA) is 30.7 Å². The summed E-state index contributed by atoms with van der Waals surface area (Å²) in [5.74, 6) is 0.643. The Morgan fingerprint density at radius 2 is 1.00 bits per heavy atom. The highest BCUT2D eigenvalue weighted by Crippen LogP contribution is 2.56. The van der Waals surface area contributed by atoms with Gasteiger partial charge in [-0.05, 0) is 74.5 Å². The molecule has 0 saturated carbocycles. The molecule has 0 spiro atoms. The van der Waals surface area contributed by atoms with Crippen LogP contribution in [0.3, 0.4) is 0 Å². The van der Waals surface area contributed by atoms with Crippen LogP contribution in [0.1, 0.15) is 22.3 Å². The number of aromatic nitrogens is 3. The van der Waals surface area contributed by atoms with Crippen LogP contribution in [-0.4, -0.2) is 14.5 Å². The van der Waals surface area contributed by atoms with E-state index in [0.717, 1.165) is 38.9 Å². The van der Waals surface area contributed by atoms with Crippen molar-refractivity contribution in [2.45, 2.75) is 5.41 Å². The molecule has 61 heavy (non-hydrogen) atoms. The minimum absolute atomic E-state index is 0.538. The van der Waals surface area contributed by atoms with E-state index in [9.17, 15) is 0 Å². The second-order valence-corrected chi connectivity index (χ2v) is 17.1. The molecule has 0 atom stereocenters. The van der Waals surface area contributed by atoms with Crippen LogP contribution in [0.4, 0.5) is 0 Å². The summed E-state index contributed by atoms with van der Waals surface area (Å²) >= 11 is 1.84. The summed E-state index contributed by atoms with van der Waals surface area (Å²) in [6, 6.07) is 77.3. The van der Waals surface area contributed by atoms with Gasteiger partial charge in [-0.25, -0.2) is 9.97 Å². The fourth-order valence-corrected chi connectivity index (χ4v) is 11.5. The lowest BCUT2D eigenvalue weighted by molar-refractivity contribution is 0.769. The molecule has 0 aliphatic heterocycles. The predicted molar refractivity (Wildman–Crippen MR) is 255 cm³/mol. The van der Waals surface area contributed by atoms with E-state index in [-0.39, 0.29) is 0 Å². The summed E-state index contributed by atoms with van der Waals surface area (Å²) in [7, 11) is 0. The third-order valence-corrected chi connectivity index (χ3v) is 14.1. The molecule has 13 rings (SSSR count). The summed E-state index contributed by atoms with van der Waals surface area (Å²) in [6.07, 6.45) is 0. The van der Waals surface area contributed by atoms with Crippen molar-refractivity contribution >= 4 is 64.1 Å². The van der Waals surface area contributed by atoms with Crippen molar-refractivity contribution in [3.05, 3.63) is 235 Å². The van der Waals surface area contributed by atoms with E-state index < -0.39 is 5.41 Å². The number of benzene rings is 9. The first-order valence-corrected chi connectivity index (χ1v) is 21.6. The highest BCUT2D eigenvalue weighted by molar-refractivity contribution is 7.26. The van der Waals surface area contributed by atoms with E-state index in [1.54, 1.807) is 0 Å². The third kappa shape index (κ3) is 4.97. The molecule has 0 unspecified atom stereocenters. The van der Waals surface area contributed by atoms with Crippen LogP contribution >= 0.6 is 11.3 Å². The minimum Gasteiger partial charge on any atom is -0.278 e. The van der Waals surface area contributed by atoms with E-state index in [1.165, 1.54) is 69.7 Å². The number of nitrogens with zero attached hydrogens (tertiary/aromatic N) is 3. The number of hydrogen-bond acceptors (Lipinski definition) is 3. The number of rotatable bonds is 5. The molecule has 0 fully saturated rings. The molecule has 0 amide bonds. The molecule has 4 heteroatoms. The lowest BCUT2D eigenvalue weighted by atomic mass is 9.67. The fourth-order valence-electron chi connectivity index (χ4n) is 10.2. The van der Waals surface area contributed by atoms with Crippen LogP contribution in [0, 0.1) is 0 Å². The maximum atomic E-state index is 5.58. The predicted octanol–water partition coefficient (Wildman–Crippen LogP) is 14.8. The SMILES string of the molecule is c1ccc(-c2cc(-c3cccc4c3sc3cc5ccccc5cc34)nc(-n3c4ccccc4c4ccc(C5(c6ccccc6)c6ccccc6-c6ccccc65)cc43)n2)cc1. The van der Waals surface area contributed by atoms with Crippen LogP contribution in [0.2, 0.25) is 0 Å². The number of para-hydroxylation sites is 1. The van der Waals surface area contributed by atoms with Crippen molar-refractivity contribution in [3.63, 3.8) is 0 Å². The highest BCUT2D eigenvalue weighted by atomic mass is 32.1. The normalized spacial score (nSPS) is 13.0. The first kappa shape index (κ1) is 34.2. The van der Waals surface area contributed by atoms with Gasteiger partial charge in [-0.3, -0.25) is 4.57 Å². The van der Waals surface area contributed by atoms with Crippen molar-refractivity contribution in [2.24, 2.45) is 0 Å². The van der Waals surface area contributed by atoms with E-state index >= 15 is 0 Å². The van der Waals surface area contributed by atoms with Gasteiger partial charge in [0.1, 0.15) is 0 Å². The Bertz CT molecular complexity index is 3670. The molecule has 0 radical (unpaired) electrons. The second kappa shape index (κ2) is 13.2. The van der Waals surface area contributed by atoms with Gasteiger partial charge in [-0.1, -0.05) is 182 Å². The molecule has 9 aromatic carbocycles. The average molecular weight is 794 g/mol. The first-order chi connectivity index (χ1) is 30.2. The third-order valence-electron chi connectivity index (χ3n) is 12.9. The first-order valence-electron chi connectivity index (χ1n) is 20.8. The van der Waals surface area contributed by atoms with Gasteiger partial charge in [0.05, 0.1) is 27.8 Å². The quantitative estimate of drug-likeness (QED) is 0.174. The van der Waals surface area contributed by atoms with Crippen LogP contribution < -0.4 is 0 Å². The van der Waals surface area contributed by atoms with E-state index in [1.807, 2.05) is 11.3 Å². The maximum absolute atomic E-state index is 5.58. The van der Waals surface area contributed by atoms with Crippen LogP contribution in [-0.2, 0) is 5.41 Å². The minimum atomic E-state index is -0.538. The zero-order valence-corrected chi connectivity index (χ0v) is 33.8. The zero-order chi connectivity index (χ0) is 40.1. The number of hydrogen-bond donors (Lipinski definition) is 0. The van der Waals surface area contributed by atoms with Crippen molar-refractivity contribution in [2.75, 3.05) is 0 Å². The fraction of sp³-hybridized carbons (Fsp3) is 0.0175. The van der Waals surface area contributed by atoms with Crippen LogP contribution in [0.25, 0.3) is 92.3 Å². The maximum Gasteiger partial charge on any atom is 0.235 e. The molecule has 0 N–H and O–H groups in total. The Labute approximate surface area is 356 Å². The summed E-state index contributed by atoms with van der Waals surface area (Å²) in [5, 5.41) is 7.35. The molecule has 0 bridgehead atoms. The summed E-state index contributed by atoms with van der Waals surface area (Å²) in [6.45, 7) is 0. The molecule has 1 aliphatic carbocycles. The molecule has 0 saturated heterocycles. The second-order valence-electron chi connectivity index (χ2n) is 16.1. The van der Waals surface area contributed by atoms with Gasteiger partial charge in [0.2, 0.25) is 5.95 Å². The van der Waals surface area contributed by atoms with Gasteiger partial charge in [0.25, 0.3) is 0 Å². The molecular weight excluding hydrogens is 759 g/mol. The zero-order valence-electron chi connectivity index (χ0n) is 33.0. The van der Waals surface area contributed by atoms with E-state index in [2.05, 4.69) is 217 Å². The molecule has 3 heterocycles. The van der Waals surface area contributed by atoms with E-state index in [0.29, 0.717) is 5.95 Å². The van der Waals surface area contributed by atoms with Gasteiger partial charge >= 0.3 is 0 Å². The number of fused-ring (bicyclic) bond motifs is 10. The van der Waals surface area contributed by atoms with E-state index in [4.69, 9.17) is 9.97 Å². The van der Waals surface area contributed by atoms with Gasteiger partial charge in [-0.15, -0.1) is 11.3 Å². The largest absolute Gasteiger partial charge is 0.278 e. The number of thiophene rings is 1. The molecule has 284 valence electrons. The van der Waals surface area contributed by atoms with Gasteiger partial charge in [0.15, 0.2) is 0 Å². The van der Waals surface area contributed by atoms with Gasteiger partial charge < -0.3 is 0 Å². The average Bonchev–Trinajstić information content (AvgIpc) is 3.97. The lowest BCUT2D eigenvalue weighted by Crippen LogP contribution is -2.28. The molecule has 12 aromatic rings. The molecule has 3 aromatic heterocycles. The smallest absolute Gasteiger partial charge is 0.235 e. The summed E-state index contributed by atoms with van der Waals surface area (Å²) in [5.41, 5.74) is 13.1. The standard InChI is InChI=1S/C57H35N3S/c1-3-16-36(17-4-1)50-35-51(46-26-15-25-45-47-32-37-18-7-8-19-38(37)33-54(47)61-55(45)46)59-56(58-50)60-52-29-14-11-24-43(52)44-31-30-40(34-53(44)60)57(39-20-5-2-6-21-39)48-27-12-9-22-41(48)42-23-10-13-28-49(42)57/h1-35H. The van der Waals surface area contributed by atoms with Crippen LogP contribution in [0.15, 0.2) is 212 Å². The summed E-state index contributed by atoms with van der Waals surface area (Å²) < 4.78 is 4.80. The van der Waals surface area contributed by atoms with Gasteiger partial charge in [0, 0.05) is 42.1 Å². The van der Waals surface area contributed by atoms with Crippen molar-refractivity contribution in [1.82, 2.24) is 14.5 Å². The monoisotopic (exact) mass is 793 g/mol. The Kier molecular flexibility index (Phi) is 7.39. The lowest BCUT2D eigenvalue weighted by Gasteiger charge is -2.34.